The van der Waals surface area contributed by atoms with Gasteiger partial charge in [0.05, 0.1) is 5.88 Å². The van der Waals surface area contributed by atoms with Crippen LogP contribution in [-0.4, -0.2) is 17.3 Å². The molecule has 1 amide bonds. The van der Waals surface area contributed by atoms with Gasteiger partial charge in [0.1, 0.15) is 0 Å². The molecular formula is C8H13Cl2NO. The molecule has 0 atom stereocenters. The highest BCUT2D eigenvalue weighted by Gasteiger charge is 2.15. The molecule has 4 heteroatoms. The van der Waals surface area contributed by atoms with Crippen LogP contribution in [-0.2, 0) is 4.79 Å². The van der Waals surface area contributed by atoms with Gasteiger partial charge in [-0.2, -0.15) is 0 Å². The average molecular weight is 210 g/mol. The summed E-state index contributed by atoms with van der Waals surface area (Å²) >= 11 is 10.9. The number of nitrogens with one attached hydrogen (secondary N) is 1. The van der Waals surface area contributed by atoms with Gasteiger partial charge in [0, 0.05) is 16.6 Å². The topological polar surface area (TPSA) is 29.1 Å². The van der Waals surface area contributed by atoms with Crippen LogP contribution in [0.25, 0.3) is 0 Å². The van der Waals surface area contributed by atoms with Crippen LogP contribution in [0.1, 0.15) is 20.8 Å². The smallest absolute Gasteiger partial charge is 0.249 e. The zero-order valence-electron chi connectivity index (χ0n) is 7.45. The number of rotatable bonds is 2. The van der Waals surface area contributed by atoms with Gasteiger partial charge in [0.15, 0.2) is 0 Å². The number of halogens is 2. The van der Waals surface area contributed by atoms with Crippen LogP contribution in [0.3, 0.4) is 0 Å². The fraction of sp³-hybridized carbons (Fsp3) is 0.625. The summed E-state index contributed by atoms with van der Waals surface area (Å²) in [5.41, 5.74) is 1.33. The van der Waals surface area contributed by atoms with E-state index in [0.717, 1.165) is 0 Å². The standard InChI is InChI=1S/C8H13Cl2NO/c1-8(2,3)11-7(12)6(4-9)5-10/h4H,5H2,1-3H3,(H,11,12)/b6-4-. The molecule has 2 nitrogen and oxygen atoms in total. The fourth-order valence-corrected chi connectivity index (χ4v) is 1.01. The Balaban J connectivity index is 4.23. The Morgan fingerprint density at radius 3 is 2.25 bits per heavy atom. The highest BCUT2D eigenvalue weighted by Crippen LogP contribution is 2.05. The van der Waals surface area contributed by atoms with Crippen molar-refractivity contribution >= 4 is 29.1 Å². The van der Waals surface area contributed by atoms with E-state index in [2.05, 4.69) is 5.32 Å². The summed E-state index contributed by atoms with van der Waals surface area (Å²) < 4.78 is 0. The minimum atomic E-state index is -0.256. The summed E-state index contributed by atoms with van der Waals surface area (Å²) in [6.07, 6.45) is 0. The molecule has 0 bridgehead atoms. The summed E-state index contributed by atoms with van der Waals surface area (Å²) in [6.45, 7) is 5.68. The van der Waals surface area contributed by atoms with Gasteiger partial charge < -0.3 is 5.32 Å². The molecule has 0 aromatic carbocycles. The SMILES string of the molecule is CC(C)(C)NC(=O)/C(=C\Cl)CCl. The van der Waals surface area contributed by atoms with Crippen molar-refractivity contribution in [3.63, 3.8) is 0 Å². The third-order valence-electron chi connectivity index (χ3n) is 1.06. The molecule has 0 saturated carbocycles. The Labute approximate surface area is 82.9 Å². The van der Waals surface area contributed by atoms with Gasteiger partial charge in [-0.15, -0.1) is 11.6 Å². The van der Waals surface area contributed by atoms with Crippen LogP contribution < -0.4 is 5.32 Å². The van der Waals surface area contributed by atoms with Crippen molar-refractivity contribution in [2.75, 3.05) is 5.88 Å². The maximum Gasteiger partial charge on any atom is 0.249 e. The van der Waals surface area contributed by atoms with E-state index in [-0.39, 0.29) is 17.3 Å². The number of carbonyl (C=O) groups is 1. The fourth-order valence-electron chi connectivity index (χ4n) is 0.560. The molecule has 1 N–H and O–H groups in total. The van der Waals surface area contributed by atoms with Crippen molar-refractivity contribution in [3.8, 4) is 0 Å². The van der Waals surface area contributed by atoms with E-state index >= 15 is 0 Å². The summed E-state index contributed by atoms with van der Waals surface area (Å²) in [6, 6.07) is 0. The van der Waals surface area contributed by atoms with E-state index in [9.17, 15) is 4.79 Å². The van der Waals surface area contributed by atoms with Crippen molar-refractivity contribution < 1.29 is 4.79 Å². The van der Waals surface area contributed by atoms with Crippen LogP contribution in [0.5, 0.6) is 0 Å². The Morgan fingerprint density at radius 1 is 1.50 bits per heavy atom. The highest BCUT2D eigenvalue weighted by molar-refractivity contribution is 6.30. The molecule has 0 heterocycles. The van der Waals surface area contributed by atoms with Crippen molar-refractivity contribution in [3.05, 3.63) is 11.1 Å². The zero-order valence-corrected chi connectivity index (χ0v) is 8.96. The third kappa shape index (κ3) is 4.62. The monoisotopic (exact) mass is 209 g/mol. The van der Waals surface area contributed by atoms with Crippen molar-refractivity contribution in [2.45, 2.75) is 26.3 Å². The van der Waals surface area contributed by atoms with Gasteiger partial charge in [0.25, 0.3) is 0 Å². The minimum absolute atomic E-state index is 0.130. The largest absolute Gasteiger partial charge is 0.348 e. The molecule has 0 aromatic heterocycles. The first-order valence-corrected chi connectivity index (χ1v) is 4.55. The molecule has 0 aliphatic heterocycles. The van der Waals surface area contributed by atoms with Gasteiger partial charge in [-0.05, 0) is 20.8 Å². The molecule has 12 heavy (non-hydrogen) atoms. The van der Waals surface area contributed by atoms with Crippen LogP contribution >= 0.6 is 23.2 Å². The maximum absolute atomic E-state index is 11.3. The van der Waals surface area contributed by atoms with Gasteiger partial charge in [-0.3, -0.25) is 4.79 Å². The van der Waals surface area contributed by atoms with Gasteiger partial charge in [-0.1, -0.05) is 11.6 Å². The first-order valence-electron chi connectivity index (χ1n) is 3.58. The second-order valence-corrected chi connectivity index (χ2v) is 3.96. The van der Waals surface area contributed by atoms with Crippen LogP contribution in [0.15, 0.2) is 11.1 Å². The number of hydrogen-bond acceptors (Lipinski definition) is 1. The van der Waals surface area contributed by atoms with Gasteiger partial charge in [0.2, 0.25) is 5.91 Å². The number of alkyl halides is 1. The summed E-state index contributed by atoms with van der Waals surface area (Å²) in [5, 5.41) is 2.74. The number of hydrogen-bond donors (Lipinski definition) is 1. The van der Waals surface area contributed by atoms with E-state index in [1.165, 1.54) is 5.54 Å². The molecule has 0 radical (unpaired) electrons. The lowest BCUT2D eigenvalue weighted by Crippen LogP contribution is -2.41. The molecule has 0 spiro atoms. The second kappa shape index (κ2) is 4.73. The van der Waals surface area contributed by atoms with E-state index < -0.39 is 0 Å². The molecule has 0 saturated heterocycles. The molecule has 0 aliphatic rings. The van der Waals surface area contributed by atoms with E-state index in [1.54, 1.807) is 0 Å². The lowest BCUT2D eigenvalue weighted by atomic mass is 10.1. The Kier molecular flexibility index (Phi) is 4.64. The van der Waals surface area contributed by atoms with Crippen LogP contribution in [0.2, 0.25) is 0 Å². The lowest BCUT2D eigenvalue weighted by Gasteiger charge is -2.20. The predicted octanol–water partition coefficient (Wildman–Crippen LogP) is 2.26. The molecule has 0 unspecified atom stereocenters. The van der Waals surface area contributed by atoms with Gasteiger partial charge in [-0.25, -0.2) is 0 Å². The predicted molar refractivity (Wildman–Crippen MR) is 52.6 cm³/mol. The number of amides is 1. The van der Waals surface area contributed by atoms with E-state index in [4.69, 9.17) is 23.2 Å². The maximum atomic E-state index is 11.3. The van der Waals surface area contributed by atoms with Crippen LogP contribution in [0.4, 0.5) is 0 Å². The van der Waals surface area contributed by atoms with Gasteiger partial charge >= 0.3 is 0 Å². The molecule has 0 rings (SSSR count). The Hall–Kier alpha value is -0.210. The average Bonchev–Trinajstić information content (AvgIpc) is 1.85. The normalized spacial score (nSPS) is 12.9. The Morgan fingerprint density at radius 2 is 2.00 bits per heavy atom. The summed E-state index contributed by atoms with van der Waals surface area (Å²) in [7, 11) is 0. The first kappa shape index (κ1) is 11.8. The third-order valence-corrected chi connectivity index (χ3v) is 1.61. The molecular weight excluding hydrogens is 197 g/mol. The van der Waals surface area contributed by atoms with Crippen molar-refractivity contribution in [2.24, 2.45) is 0 Å². The summed E-state index contributed by atoms with van der Waals surface area (Å²) in [5.74, 6) is -0.0849. The lowest BCUT2D eigenvalue weighted by molar-refractivity contribution is -0.118. The first-order chi connectivity index (χ1) is 5.40. The van der Waals surface area contributed by atoms with E-state index in [0.29, 0.717) is 5.57 Å². The molecule has 0 aliphatic carbocycles. The van der Waals surface area contributed by atoms with Crippen molar-refractivity contribution in [1.29, 1.82) is 0 Å². The highest BCUT2D eigenvalue weighted by atomic mass is 35.5. The zero-order chi connectivity index (χ0) is 9.78. The molecule has 0 fully saturated rings. The Bertz CT molecular complexity index is 194. The summed E-state index contributed by atoms with van der Waals surface area (Å²) in [4.78, 5) is 11.3. The number of carbonyl (C=O) groups excluding carboxylic acids is 1. The quantitative estimate of drug-likeness (QED) is 0.549. The molecule has 70 valence electrons. The van der Waals surface area contributed by atoms with Crippen LogP contribution in [0, 0.1) is 0 Å². The second-order valence-electron chi connectivity index (χ2n) is 3.47. The minimum Gasteiger partial charge on any atom is -0.348 e. The molecule has 0 aromatic rings. The van der Waals surface area contributed by atoms with E-state index in [1.807, 2.05) is 20.8 Å². The van der Waals surface area contributed by atoms with Crippen molar-refractivity contribution in [1.82, 2.24) is 5.32 Å².